The first kappa shape index (κ1) is 29.7. The molecular formula is C33H51NO3S. The molecule has 2 unspecified atom stereocenters. The smallest absolute Gasteiger partial charge is 0.102 e. The van der Waals surface area contributed by atoms with Crippen LogP contribution in [-0.4, -0.2) is 39.1 Å². The van der Waals surface area contributed by atoms with Crippen molar-refractivity contribution in [3.05, 3.63) is 51.5 Å². The van der Waals surface area contributed by atoms with Crippen LogP contribution in [0.3, 0.4) is 0 Å². The molecule has 5 heteroatoms. The molecule has 3 fully saturated rings. The summed E-state index contributed by atoms with van der Waals surface area (Å²) >= 11 is 1.71. The van der Waals surface area contributed by atoms with Crippen LogP contribution in [0.15, 0.2) is 40.8 Å². The Kier molecular flexibility index (Phi) is 9.44. The summed E-state index contributed by atoms with van der Waals surface area (Å²) in [7, 11) is 0. The lowest BCUT2D eigenvalue weighted by Crippen LogP contribution is -2.37. The predicted molar refractivity (Wildman–Crippen MR) is 158 cm³/mol. The Hall–Kier alpha value is -1.27. The summed E-state index contributed by atoms with van der Waals surface area (Å²) in [6.45, 7) is 15.8. The first-order chi connectivity index (χ1) is 18.0. The zero-order valence-corrected chi connectivity index (χ0v) is 25.2. The van der Waals surface area contributed by atoms with Crippen LogP contribution in [0.25, 0.3) is 0 Å². The van der Waals surface area contributed by atoms with E-state index in [1.165, 1.54) is 32.1 Å². The quantitative estimate of drug-likeness (QED) is 0.307. The van der Waals surface area contributed by atoms with Gasteiger partial charge in [-0.25, -0.2) is 4.98 Å². The Balaban J connectivity index is 1.43. The lowest BCUT2D eigenvalue weighted by molar-refractivity contribution is 0.0860. The Labute approximate surface area is 235 Å². The van der Waals surface area contributed by atoms with Crippen LogP contribution in [-0.2, 0) is 5.41 Å². The van der Waals surface area contributed by atoms with Gasteiger partial charge in [0.15, 0.2) is 0 Å². The van der Waals surface area contributed by atoms with Gasteiger partial charge in [0.2, 0.25) is 0 Å². The number of aryl methyl sites for hydroxylation is 1. The van der Waals surface area contributed by atoms with Gasteiger partial charge in [-0.1, -0.05) is 64.8 Å². The molecule has 0 amide bonds. The lowest BCUT2D eigenvalue weighted by atomic mass is 9.60. The molecule has 0 aliphatic heterocycles. The molecule has 3 aliphatic carbocycles. The summed E-state index contributed by atoms with van der Waals surface area (Å²) < 4.78 is 0. The van der Waals surface area contributed by atoms with Crippen molar-refractivity contribution in [1.82, 2.24) is 4.98 Å². The largest absolute Gasteiger partial charge is 0.395 e. The van der Waals surface area contributed by atoms with Crippen molar-refractivity contribution in [3.8, 4) is 0 Å². The predicted octanol–water partition coefficient (Wildman–Crippen LogP) is 7.29. The van der Waals surface area contributed by atoms with Gasteiger partial charge in [0, 0.05) is 22.9 Å². The summed E-state index contributed by atoms with van der Waals surface area (Å²) in [4.78, 5) is 4.80. The van der Waals surface area contributed by atoms with Crippen molar-refractivity contribution in [3.63, 3.8) is 0 Å². The number of hydrogen-bond acceptors (Lipinski definition) is 5. The van der Waals surface area contributed by atoms with Gasteiger partial charge in [0.05, 0.1) is 18.8 Å². The number of thiazole rings is 1. The molecule has 3 aliphatic rings. The second-order valence-corrected chi connectivity index (χ2v) is 14.2. The standard InChI is InChI=1S/C33H51NO3S/c1-21(2)33(20-35,31-34-23(4)19-38-31)16-7-9-22(3)28-13-14-29-25(10-8-15-32(28,29)6)11-12-26-17-27(36)18-30(37)24(26)5/h11-12,19,21-22,27-30,35-37H,5,7-10,13-18,20H2,1-4,6H3/b25-11-,26-12+/t22?,27-,28-,29?,30-,32-,33+/m1/s1. The van der Waals surface area contributed by atoms with Gasteiger partial charge in [0.1, 0.15) is 5.01 Å². The maximum absolute atomic E-state index is 10.5. The normalized spacial score (nSPS) is 34.6. The fraction of sp³-hybridized carbons (Fsp3) is 0.727. The topological polar surface area (TPSA) is 73.6 Å². The molecule has 0 radical (unpaired) electrons. The van der Waals surface area contributed by atoms with Crippen LogP contribution in [0, 0.1) is 36.0 Å². The van der Waals surface area contributed by atoms with E-state index in [0.717, 1.165) is 47.0 Å². The maximum Gasteiger partial charge on any atom is 0.102 e. The number of aliphatic hydroxyl groups is 3. The van der Waals surface area contributed by atoms with Crippen molar-refractivity contribution in [1.29, 1.82) is 0 Å². The molecule has 0 saturated heterocycles. The number of fused-ring (bicyclic) bond motifs is 1. The van der Waals surface area contributed by atoms with Crippen LogP contribution in [0.2, 0.25) is 0 Å². The van der Waals surface area contributed by atoms with Gasteiger partial charge in [-0.3, -0.25) is 0 Å². The van der Waals surface area contributed by atoms with Crippen molar-refractivity contribution in [2.75, 3.05) is 6.61 Å². The third kappa shape index (κ3) is 5.77. The average molecular weight is 542 g/mol. The van der Waals surface area contributed by atoms with Crippen molar-refractivity contribution in [2.45, 2.75) is 116 Å². The van der Waals surface area contributed by atoms with Crippen LogP contribution < -0.4 is 0 Å². The average Bonchev–Trinajstić information content (AvgIpc) is 3.46. The molecule has 1 heterocycles. The van der Waals surface area contributed by atoms with Crippen molar-refractivity contribution >= 4 is 11.3 Å². The monoisotopic (exact) mass is 541 g/mol. The van der Waals surface area contributed by atoms with Crippen molar-refractivity contribution < 1.29 is 15.3 Å². The van der Waals surface area contributed by atoms with E-state index in [9.17, 15) is 15.3 Å². The molecule has 7 atom stereocenters. The summed E-state index contributed by atoms with van der Waals surface area (Å²) in [5.41, 5.74) is 4.49. The Morgan fingerprint density at radius 3 is 2.66 bits per heavy atom. The zero-order chi connectivity index (χ0) is 27.7. The molecule has 3 N–H and O–H groups in total. The van der Waals surface area contributed by atoms with Gasteiger partial charge in [-0.2, -0.15) is 0 Å². The first-order valence-corrected chi connectivity index (χ1v) is 15.9. The van der Waals surface area contributed by atoms with E-state index in [1.54, 1.807) is 16.9 Å². The highest BCUT2D eigenvalue weighted by molar-refractivity contribution is 7.09. The highest BCUT2D eigenvalue weighted by Crippen LogP contribution is 2.60. The van der Waals surface area contributed by atoms with E-state index in [4.69, 9.17) is 4.98 Å². The van der Waals surface area contributed by atoms with E-state index in [1.807, 2.05) is 6.92 Å². The minimum Gasteiger partial charge on any atom is -0.395 e. The van der Waals surface area contributed by atoms with Gasteiger partial charge < -0.3 is 15.3 Å². The fourth-order valence-corrected chi connectivity index (χ4v) is 9.34. The van der Waals surface area contributed by atoms with Gasteiger partial charge in [0.25, 0.3) is 0 Å². The molecule has 3 saturated carbocycles. The molecular weight excluding hydrogens is 490 g/mol. The minimum absolute atomic E-state index is 0.166. The van der Waals surface area contributed by atoms with Crippen LogP contribution >= 0.6 is 11.3 Å². The molecule has 0 bridgehead atoms. The maximum atomic E-state index is 10.5. The van der Waals surface area contributed by atoms with Gasteiger partial charge >= 0.3 is 0 Å². The lowest BCUT2D eigenvalue weighted by Gasteiger charge is -2.44. The Morgan fingerprint density at radius 1 is 1.24 bits per heavy atom. The minimum atomic E-state index is -0.628. The highest BCUT2D eigenvalue weighted by atomic mass is 32.1. The third-order valence-corrected chi connectivity index (χ3v) is 11.9. The van der Waals surface area contributed by atoms with Crippen LogP contribution in [0.4, 0.5) is 0 Å². The fourth-order valence-electron chi connectivity index (χ4n) is 8.17. The van der Waals surface area contributed by atoms with Crippen molar-refractivity contribution in [2.24, 2.45) is 29.1 Å². The van der Waals surface area contributed by atoms with Gasteiger partial charge in [-0.05, 0) is 92.1 Å². The number of hydrogen-bond donors (Lipinski definition) is 3. The first-order valence-electron chi connectivity index (χ1n) is 15.0. The molecule has 212 valence electrons. The molecule has 1 aromatic heterocycles. The second-order valence-electron chi connectivity index (χ2n) is 13.3. The Morgan fingerprint density at radius 2 is 2.00 bits per heavy atom. The van der Waals surface area contributed by atoms with E-state index in [0.29, 0.717) is 36.0 Å². The zero-order valence-electron chi connectivity index (χ0n) is 24.4. The number of aliphatic hydroxyl groups excluding tert-OH is 3. The molecule has 1 aromatic rings. The highest BCUT2D eigenvalue weighted by Gasteiger charge is 2.50. The van der Waals surface area contributed by atoms with Crippen LogP contribution in [0.1, 0.15) is 103 Å². The number of aromatic nitrogens is 1. The van der Waals surface area contributed by atoms with E-state index in [2.05, 4.69) is 51.8 Å². The van der Waals surface area contributed by atoms with Gasteiger partial charge in [-0.15, -0.1) is 11.3 Å². The molecule has 4 nitrogen and oxygen atoms in total. The molecule has 0 aromatic carbocycles. The van der Waals surface area contributed by atoms with E-state index in [-0.39, 0.29) is 12.0 Å². The number of allylic oxidation sites excluding steroid dienone is 3. The molecule has 4 rings (SSSR count). The summed E-state index contributed by atoms with van der Waals surface area (Å²) in [5.74, 6) is 2.36. The third-order valence-electron chi connectivity index (χ3n) is 10.7. The van der Waals surface area contributed by atoms with E-state index < -0.39 is 12.2 Å². The summed E-state index contributed by atoms with van der Waals surface area (Å²) in [5, 5.41) is 34.1. The Bertz CT molecular complexity index is 1040. The molecule has 38 heavy (non-hydrogen) atoms. The number of rotatable bonds is 9. The van der Waals surface area contributed by atoms with Crippen LogP contribution in [0.5, 0.6) is 0 Å². The van der Waals surface area contributed by atoms with E-state index >= 15 is 0 Å². The number of nitrogens with zero attached hydrogens (tertiary/aromatic N) is 1. The second kappa shape index (κ2) is 12.1. The SMILES string of the molecule is C=C1/C(=C/C=C2/CCC[C@@]3(C)C2CC[C@@H]3C(C)CCC[C@@](CO)(c2nc(C)cs2)C(C)C)C[C@@H](O)C[C@H]1O. The molecule has 0 spiro atoms. The summed E-state index contributed by atoms with van der Waals surface area (Å²) in [6.07, 6.45) is 13.9. The summed E-state index contributed by atoms with van der Waals surface area (Å²) in [6, 6.07) is 0.